The van der Waals surface area contributed by atoms with Crippen molar-refractivity contribution < 1.29 is 25.9 Å². The van der Waals surface area contributed by atoms with Gasteiger partial charge < -0.3 is 0 Å². The fraction of sp³-hybridized carbons (Fsp3) is 1.00. The summed E-state index contributed by atoms with van der Waals surface area (Å²) in [6, 6.07) is 0. The maximum Gasteiger partial charge on any atom is 0.292 e. The van der Waals surface area contributed by atoms with Gasteiger partial charge in [0.1, 0.15) is 5.25 Å². The first-order valence-electron chi connectivity index (χ1n) is 2.72. The summed E-state index contributed by atoms with van der Waals surface area (Å²) in [5.74, 6) is 0. The highest BCUT2D eigenvalue weighted by molar-refractivity contribution is 9.28. The van der Waals surface area contributed by atoms with E-state index in [1.165, 1.54) is 0 Å². The van der Waals surface area contributed by atoms with E-state index in [1.54, 1.807) is 0 Å². The molecule has 0 heterocycles. The highest BCUT2D eigenvalue weighted by Crippen LogP contribution is 2.38. The summed E-state index contributed by atoms with van der Waals surface area (Å²) in [4.78, 5) is 0. The lowest BCUT2D eigenvalue weighted by Crippen LogP contribution is -2.40. The minimum absolute atomic E-state index is 0.909. The number of rotatable bonds is 3. The third-order valence-electron chi connectivity index (χ3n) is 1.26. The Kier molecular flexibility index (Phi) is 3.96. The fourth-order valence-corrected chi connectivity index (χ4v) is 3.30. The summed E-state index contributed by atoms with van der Waals surface area (Å²) in [5.41, 5.74) is 0. The molecule has 0 aromatic heterocycles. The Morgan fingerprint density at radius 3 is 1.54 bits per heavy atom. The van der Waals surface area contributed by atoms with Gasteiger partial charge in [-0.25, -0.2) is 0 Å². The average Bonchev–Trinajstić information content (AvgIpc) is 1.81. The van der Waals surface area contributed by atoms with Gasteiger partial charge in [-0.05, 0) is 6.92 Å². The Balaban J connectivity index is 5.35. The van der Waals surface area contributed by atoms with Crippen LogP contribution in [-0.4, -0.2) is 33.8 Å². The molecule has 6 nitrogen and oxygen atoms in total. The lowest BCUT2D eigenvalue weighted by molar-refractivity contribution is 0.455. The van der Waals surface area contributed by atoms with E-state index < -0.39 is 28.1 Å². The van der Waals surface area contributed by atoms with Gasteiger partial charge in [-0.3, -0.25) is 9.11 Å². The van der Waals surface area contributed by atoms with Crippen LogP contribution in [0.25, 0.3) is 0 Å². The quantitative estimate of drug-likeness (QED) is 0.562. The van der Waals surface area contributed by atoms with Crippen LogP contribution in [0.3, 0.4) is 0 Å². The van der Waals surface area contributed by atoms with Crippen LogP contribution in [0.5, 0.6) is 0 Å². The van der Waals surface area contributed by atoms with E-state index in [-0.39, 0.29) is 0 Å². The SMILES string of the molecule is CC(C(Br)(Br)S(=O)(=O)O)S(=O)(=O)O. The van der Waals surface area contributed by atoms with E-state index >= 15 is 0 Å². The summed E-state index contributed by atoms with van der Waals surface area (Å²) < 4.78 is 57.1. The van der Waals surface area contributed by atoms with Crippen LogP contribution in [0.2, 0.25) is 0 Å². The zero-order valence-corrected chi connectivity index (χ0v) is 11.0. The number of halogens is 2. The van der Waals surface area contributed by atoms with E-state index in [1.807, 2.05) is 0 Å². The third kappa shape index (κ3) is 3.13. The molecule has 0 fully saturated rings. The molecule has 0 saturated heterocycles. The van der Waals surface area contributed by atoms with Gasteiger partial charge in [0, 0.05) is 0 Å². The van der Waals surface area contributed by atoms with Crippen LogP contribution in [0.1, 0.15) is 6.92 Å². The average molecular weight is 362 g/mol. The molecule has 0 rings (SSSR count). The summed E-state index contributed by atoms with van der Waals surface area (Å²) in [6.07, 6.45) is 0. The molecule has 0 aliphatic heterocycles. The minimum atomic E-state index is -4.69. The molecule has 0 aliphatic rings. The van der Waals surface area contributed by atoms with E-state index in [4.69, 9.17) is 9.11 Å². The van der Waals surface area contributed by atoms with Crippen molar-refractivity contribution in [3.8, 4) is 0 Å². The molecule has 0 radical (unpaired) electrons. The highest BCUT2D eigenvalue weighted by Gasteiger charge is 2.49. The molecular weight excluding hydrogens is 356 g/mol. The van der Waals surface area contributed by atoms with Crippen LogP contribution >= 0.6 is 31.9 Å². The largest absolute Gasteiger partial charge is 0.292 e. The van der Waals surface area contributed by atoms with Crippen LogP contribution in [0.15, 0.2) is 0 Å². The van der Waals surface area contributed by atoms with Gasteiger partial charge in [0.2, 0.25) is 2.57 Å². The molecule has 0 aromatic rings. The number of hydrogen-bond donors (Lipinski definition) is 2. The molecule has 0 saturated carbocycles. The molecule has 10 heteroatoms. The van der Waals surface area contributed by atoms with Crippen molar-refractivity contribution in [3.63, 3.8) is 0 Å². The zero-order valence-electron chi connectivity index (χ0n) is 6.18. The standard InChI is InChI=1S/C3H6Br2O6S2/c1-2(12(6,7)8)3(4,5)13(9,10)11/h2H,1H3,(H,6,7,8)(H,9,10,11). The van der Waals surface area contributed by atoms with Gasteiger partial charge in [-0.1, -0.05) is 31.9 Å². The van der Waals surface area contributed by atoms with Crippen molar-refractivity contribution in [2.75, 3.05) is 0 Å². The van der Waals surface area contributed by atoms with Crippen molar-refractivity contribution in [2.24, 2.45) is 0 Å². The Bertz CT molecular complexity index is 380. The van der Waals surface area contributed by atoms with Crippen molar-refractivity contribution >= 4 is 52.1 Å². The van der Waals surface area contributed by atoms with Crippen LogP contribution in [0, 0.1) is 0 Å². The van der Waals surface area contributed by atoms with E-state index in [0.29, 0.717) is 0 Å². The molecular formula is C3H6Br2O6S2. The second kappa shape index (κ2) is 3.74. The molecule has 0 aromatic carbocycles. The van der Waals surface area contributed by atoms with Gasteiger partial charge in [-0.2, -0.15) is 16.8 Å². The normalized spacial score (nSPS) is 17.0. The predicted molar refractivity (Wildman–Crippen MR) is 53.1 cm³/mol. The maximum atomic E-state index is 10.6. The van der Waals surface area contributed by atoms with Gasteiger partial charge in [0.05, 0.1) is 0 Å². The molecule has 1 atom stereocenters. The maximum absolute atomic E-state index is 10.6. The van der Waals surface area contributed by atoms with Crippen molar-refractivity contribution in [1.82, 2.24) is 0 Å². The van der Waals surface area contributed by atoms with E-state index in [0.717, 1.165) is 6.92 Å². The van der Waals surface area contributed by atoms with Crippen LogP contribution in [0.4, 0.5) is 0 Å². The molecule has 0 spiro atoms. The van der Waals surface area contributed by atoms with Gasteiger partial charge in [0.15, 0.2) is 0 Å². The molecule has 0 aliphatic carbocycles. The molecule has 0 bridgehead atoms. The second-order valence-electron chi connectivity index (χ2n) is 2.19. The van der Waals surface area contributed by atoms with Gasteiger partial charge >= 0.3 is 0 Å². The fourth-order valence-electron chi connectivity index (χ4n) is 0.383. The van der Waals surface area contributed by atoms with Crippen LogP contribution in [-0.2, 0) is 20.2 Å². The highest BCUT2D eigenvalue weighted by atomic mass is 79.9. The molecule has 13 heavy (non-hydrogen) atoms. The first-order chi connectivity index (χ1) is 5.40. The Labute approximate surface area is 92.5 Å². The minimum Gasteiger partial charge on any atom is -0.285 e. The number of hydrogen-bond acceptors (Lipinski definition) is 4. The Morgan fingerprint density at radius 1 is 1.15 bits per heavy atom. The lowest BCUT2D eigenvalue weighted by Gasteiger charge is -2.21. The Hall–Kier alpha value is 0.780. The molecule has 80 valence electrons. The summed E-state index contributed by atoms with van der Waals surface area (Å²) in [5, 5.41) is -1.75. The first kappa shape index (κ1) is 13.8. The predicted octanol–water partition coefficient (Wildman–Crippen LogP) is 0.594. The van der Waals surface area contributed by atoms with Gasteiger partial charge in [0.25, 0.3) is 20.2 Å². The first-order valence-corrected chi connectivity index (χ1v) is 7.24. The van der Waals surface area contributed by atoms with E-state index in [9.17, 15) is 16.8 Å². The molecule has 1 unspecified atom stereocenters. The smallest absolute Gasteiger partial charge is 0.285 e. The van der Waals surface area contributed by atoms with Gasteiger partial charge in [-0.15, -0.1) is 0 Å². The topological polar surface area (TPSA) is 109 Å². The summed E-state index contributed by atoms with van der Waals surface area (Å²) in [6.45, 7) is 0.909. The second-order valence-corrected chi connectivity index (χ2v) is 10.1. The molecule has 0 amide bonds. The molecule has 2 N–H and O–H groups in total. The van der Waals surface area contributed by atoms with E-state index in [2.05, 4.69) is 31.9 Å². The van der Waals surface area contributed by atoms with Crippen molar-refractivity contribution in [3.05, 3.63) is 0 Å². The van der Waals surface area contributed by atoms with Crippen LogP contribution < -0.4 is 0 Å². The number of alkyl halides is 2. The third-order valence-corrected chi connectivity index (χ3v) is 8.14. The lowest BCUT2D eigenvalue weighted by atomic mass is 10.6. The summed E-state index contributed by atoms with van der Waals surface area (Å²) in [7, 11) is -9.27. The van der Waals surface area contributed by atoms with Crippen molar-refractivity contribution in [1.29, 1.82) is 0 Å². The van der Waals surface area contributed by atoms with Crippen molar-refractivity contribution in [2.45, 2.75) is 14.7 Å². The summed E-state index contributed by atoms with van der Waals surface area (Å²) >= 11 is 4.89. The zero-order chi connectivity index (χ0) is 11.1. The Morgan fingerprint density at radius 2 is 1.46 bits per heavy atom. The monoisotopic (exact) mass is 360 g/mol.